The van der Waals surface area contributed by atoms with E-state index in [9.17, 15) is 40.5 Å². The predicted octanol–water partition coefficient (Wildman–Crippen LogP) is 5.76. The number of rotatable bonds is 4. The molecule has 21 heteroatoms. The maximum atomic E-state index is 12.2. The summed E-state index contributed by atoms with van der Waals surface area (Å²) in [6, 6.07) is 16.5. The van der Waals surface area contributed by atoms with E-state index in [-0.39, 0.29) is 106 Å². The van der Waals surface area contributed by atoms with Crippen LogP contribution in [0, 0.1) is 40.5 Å². The molecule has 2 aliphatic rings. The Balaban J connectivity index is 0.00000400. The molecule has 8 bridgehead atoms. The molecular weight excluding hydrogens is 739 g/mol. The van der Waals surface area contributed by atoms with E-state index in [1.54, 1.807) is 0 Å². The Morgan fingerprint density at radius 2 is 0.755 bits per heavy atom. The summed E-state index contributed by atoms with van der Waals surface area (Å²) in [5.74, 6) is -0.739. The van der Waals surface area contributed by atoms with Crippen molar-refractivity contribution in [3.63, 3.8) is 0 Å². The van der Waals surface area contributed by atoms with Crippen LogP contribution in [0.2, 0.25) is 0 Å². The molecule has 0 amide bonds. The molecule has 2 aliphatic heterocycles. The van der Waals surface area contributed by atoms with E-state index in [0.29, 0.717) is 0 Å². The third-order valence-electron chi connectivity index (χ3n) is 8.51. The minimum absolute atomic E-state index is 0. The number of nitrogens with zero attached hydrogens (tertiary/aromatic N) is 12. The molecule has 20 nitrogen and oxygen atoms in total. The van der Waals surface area contributed by atoms with Crippen LogP contribution >= 0.6 is 0 Å². The van der Waals surface area contributed by atoms with Crippen LogP contribution in [0.25, 0.3) is 89.7 Å². The normalized spacial score (nSPS) is 11.5. The molecule has 0 aliphatic carbocycles. The number of hydrogen-bond acceptors (Lipinski definition) is 14. The molecule has 0 unspecified atom stereocenters. The summed E-state index contributed by atoms with van der Waals surface area (Å²) in [4.78, 5) is 82.5. The molecule has 0 fully saturated rings. The average Bonchev–Trinajstić information content (AvgIpc) is 3.86. The summed E-state index contributed by atoms with van der Waals surface area (Å²) >= 11 is 0. The first kappa shape index (κ1) is 32.5. The van der Waals surface area contributed by atoms with Crippen LogP contribution in [0.3, 0.4) is 0 Å². The van der Waals surface area contributed by atoms with Crippen molar-refractivity contribution in [2.75, 3.05) is 0 Å². The third-order valence-corrected chi connectivity index (χ3v) is 8.51. The number of non-ortho nitro benzene ring substituents is 2. The molecule has 0 spiro atoms. The van der Waals surface area contributed by atoms with E-state index in [1.165, 1.54) is 72.8 Å². The van der Waals surface area contributed by atoms with E-state index in [2.05, 4.69) is 39.9 Å². The number of aromatic nitrogens is 8. The van der Waals surface area contributed by atoms with Gasteiger partial charge in [0.15, 0.2) is 0 Å². The van der Waals surface area contributed by atoms with Gasteiger partial charge in [0.05, 0.1) is 64.9 Å². The third kappa shape index (κ3) is 4.83. The van der Waals surface area contributed by atoms with E-state index in [4.69, 9.17) is 0 Å². The summed E-state index contributed by atoms with van der Waals surface area (Å²) in [7, 11) is 0. The van der Waals surface area contributed by atoms with Gasteiger partial charge in [-0.05, 0) is 0 Å². The van der Waals surface area contributed by atoms with Crippen LogP contribution in [0.4, 0.5) is 22.7 Å². The zero-order valence-electron chi connectivity index (χ0n) is 25.9. The van der Waals surface area contributed by atoms with Crippen LogP contribution in [0.1, 0.15) is 0 Å². The first-order valence-electron chi connectivity index (χ1n) is 14.9. The maximum Gasteiger partial charge on any atom is 2.00 e. The first-order chi connectivity index (χ1) is 25.1. The Bertz CT molecular complexity index is 2820. The minimum Gasteiger partial charge on any atom is -0.357 e. The second-order valence-electron chi connectivity index (χ2n) is 11.3. The molecular formula is C32H12CoN12O8. The van der Waals surface area contributed by atoms with Crippen LogP contribution in [0.5, 0.6) is 0 Å². The van der Waals surface area contributed by atoms with Crippen molar-refractivity contribution in [3.05, 3.63) is 113 Å². The number of nitro groups is 4. The van der Waals surface area contributed by atoms with Gasteiger partial charge in [-0.25, -0.2) is 9.97 Å². The number of benzene rings is 4. The van der Waals surface area contributed by atoms with Gasteiger partial charge in [0.25, 0.3) is 22.7 Å². The van der Waals surface area contributed by atoms with E-state index in [1.807, 2.05) is 0 Å². The zero-order valence-corrected chi connectivity index (χ0v) is 26.9. The van der Waals surface area contributed by atoms with Crippen molar-refractivity contribution < 1.29 is 36.5 Å². The Labute approximate surface area is 301 Å². The second kappa shape index (κ2) is 11.7. The molecule has 4 aromatic carbocycles. The molecule has 9 rings (SSSR count). The molecule has 257 valence electrons. The monoisotopic (exact) mass is 751 g/mol. The molecule has 5 heterocycles. The summed E-state index contributed by atoms with van der Waals surface area (Å²) in [6.07, 6.45) is 0. The van der Waals surface area contributed by atoms with Gasteiger partial charge in [-0.15, -0.1) is 0 Å². The topological polar surface area (TPSA) is 278 Å². The van der Waals surface area contributed by atoms with Crippen LogP contribution in [-0.2, 0) is 16.8 Å². The maximum absolute atomic E-state index is 12.2. The van der Waals surface area contributed by atoms with Crippen molar-refractivity contribution in [2.45, 2.75) is 0 Å². The Kier molecular flexibility index (Phi) is 7.19. The van der Waals surface area contributed by atoms with Crippen molar-refractivity contribution in [2.24, 2.45) is 0 Å². The van der Waals surface area contributed by atoms with Gasteiger partial charge in [0, 0.05) is 68.8 Å². The fourth-order valence-corrected chi connectivity index (χ4v) is 6.39. The second-order valence-corrected chi connectivity index (χ2v) is 11.3. The van der Waals surface area contributed by atoms with Crippen LogP contribution in [0.15, 0.2) is 72.8 Å². The van der Waals surface area contributed by atoms with Crippen molar-refractivity contribution >= 4 is 66.9 Å². The van der Waals surface area contributed by atoms with Gasteiger partial charge in [-0.3, -0.25) is 40.5 Å². The SMILES string of the molecule is O=[N+]([O-])c1cccc2c1-c1nc-2nc2[n-]c(nc3nc(nc4[n-]c(n1)c1cccc([N+](=O)[O-])c41)-c1cccc([N+](=O)[O-])c1-3)c1cccc([N+](=O)[O-])c21.[Co+2]. The quantitative estimate of drug-likeness (QED) is 0.153. The Morgan fingerprint density at radius 1 is 0.415 bits per heavy atom. The Hall–Kier alpha value is -7.65. The van der Waals surface area contributed by atoms with E-state index >= 15 is 0 Å². The van der Waals surface area contributed by atoms with Crippen LogP contribution in [-0.4, -0.2) is 49.6 Å². The standard InChI is InChI=1S/C32H12N12O8.Co/c45-41(46)17-9-1-5-13-21(17)29-33-25(13)37-30-22-14(6-2-10-18(22)42(47)48)27(34-30)39-32-24-16(8-4-12-20(24)44(51)52)28(36-32)40-31-23-15(26(35-31)38-29)7-3-11-19(23)43(49)50;/h1-12H;/q-2;+2. The fraction of sp³-hybridized carbons (Fsp3) is 0. The van der Waals surface area contributed by atoms with Crippen molar-refractivity contribution in [3.8, 4) is 45.6 Å². The zero-order chi connectivity index (χ0) is 36.0. The molecule has 3 aromatic heterocycles. The van der Waals surface area contributed by atoms with E-state index < -0.39 is 42.4 Å². The first-order valence-corrected chi connectivity index (χ1v) is 14.9. The fourth-order valence-electron chi connectivity index (χ4n) is 6.39. The molecule has 0 saturated carbocycles. The van der Waals surface area contributed by atoms with Crippen molar-refractivity contribution in [1.82, 2.24) is 39.9 Å². The Morgan fingerprint density at radius 3 is 1.13 bits per heavy atom. The average molecular weight is 751 g/mol. The summed E-state index contributed by atoms with van der Waals surface area (Å²) in [6.45, 7) is 0. The van der Waals surface area contributed by atoms with Gasteiger partial charge >= 0.3 is 16.8 Å². The molecule has 0 atom stereocenters. The van der Waals surface area contributed by atoms with E-state index in [0.717, 1.165) is 0 Å². The predicted molar refractivity (Wildman–Crippen MR) is 181 cm³/mol. The molecule has 0 saturated heterocycles. The largest absolute Gasteiger partial charge is 2.00 e. The molecule has 0 N–H and O–H groups in total. The molecule has 53 heavy (non-hydrogen) atoms. The molecule has 7 aromatic rings. The molecule has 1 radical (unpaired) electrons. The van der Waals surface area contributed by atoms with Gasteiger partial charge in [0.2, 0.25) is 0 Å². The van der Waals surface area contributed by atoms with Crippen molar-refractivity contribution in [1.29, 1.82) is 0 Å². The number of fused-ring (bicyclic) bond motifs is 20. The summed E-state index contributed by atoms with van der Waals surface area (Å²) in [5.41, 5.74) is -2.12. The number of hydrogen-bond donors (Lipinski definition) is 0. The van der Waals surface area contributed by atoms with Gasteiger partial charge in [-0.1, -0.05) is 48.5 Å². The number of nitro benzene ring substituents is 4. The van der Waals surface area contributed by atoms with Gasteiger partial charge in [-0.2, -0.15) is 0 Å². The minimum atomic E-state index is -0.641. The van der Waals surface area contributed by atoms with Gasteiger partial charge < -0.3 is 29.9 Å². The summed E-state index contributed by atoms with van der Waals surface area (Å²) in [5, 5.41) is 49.1. The smallest absolute Gasteiger partial charge is 0.357 e. The van der Waals surface area contributed by atoms with Crippen LogP contribution < -0.4 is 9.97 Å². The van der Waals surface area contributed by atoms with Gasteiger partial charge in [0.1, 0.15) is 0 Å². The summed E-state index contributed by atoms with van der Waals surface area (Å²) < 4.78 is 0.